The molecule has 1 atom stereocenters. The molecular weight excluding hydrogens is 220 g/mol. The predicted octanol–water partition coefficient (Wildman–Crippen LogP) is 3.36. The molecule has 0 spiro atoms. The number of hydrogen-bond donors (Lipinski definition) is 0. The summed E-state index contributed by atoms with van der Waals surface area (Å²) in [5.41, 5.74) is 2.62. The van der Waals surface area contributed by atoms with E-state index in [1.54, 1.807) is 0 Å². The zero-order valence-corrected chi connectivity index (χ0v) is 10.7. The van der Waals surface area contributed by atoms with Gasteiger partial charge in [0.1, 0.15) is 0 Å². The Labute approximate surface area is 108 Å². The highest BCUT2D eigenvalue weighted by molar-refractivity contribution is 5.55. The van der Waals surface area contributed by atoms with Gasteiger partial charge in [0, 0.05) is 24.0 Å². The molecule has 1 heterocycles. The van der Waals surface area contributed by atoms with Gasteiger partial charge in [-0.3, -0.25) is 0 Å². The maximum atomic E-state index is 2.45. The Morgan fingerprint density at radius 3 is 2.00 bits per heavy atom. The van der Waals surface area contributed by atoms with Gasteiger partial charge in [0.25, 0.3) is 0 Å². The number of rotatable bonds is 2. The highest BCUT2D eigenvalue weighted by Gasteiger charge is 2.26. The molecule has 2 aromatic rings. The van der Waals surface area contributed by atoms with Crippen molar-refractivity contribution >= 4 is 11.4 Å². The van der Waals surface area contributed by atoms with E-state index in [1.165, 1.54) is 11.4 Å². The average Bonchev–Trinajstić information content (AvgIpc) is 2.83. The van der Waals surface area contributed by atoms with Crippen molar-refractivity contribution < 1.29 is 0 Å². The second kappa shape index (κ2) is 4.73. The Balaban J connectivity index is 1.81. The van der Waals surface area contributed by atoms with Gasteiger partial charge >= 0.3 is 0 Å². The standard InChI is InChI=1S/C16H18N2/c1-14-12-17(15-8-4-2-5-9-15)13-18(14)16-10-6-3-7-11-16/h2-11,14H,12-13H2,1H3/t14-/m0/s1. The average molecular weight is 238 g/mol. The molecule has 0 aromatic heterocycles. The molecule has 1 aliphatic rings. The Morgan fingerprint density at radius 1 is 0.833 bits per heavy atom. The molecule has 0 amide bonds. The molecule has 1 aliphatic heterocycles. The molecule has 0 N–H and O–H groups in total. The monoisotopic (exact) mass is 238 g/mol. The van der Waals surface area contributed by atoms with E-state index in [4.69, 9.17) is 0 Å². The van der Waals surface area contributed by atoms with Crippen LogP contribution < -0.4 is 9.80 Å². The molecular formula is C16H18N2. The smallest absolute Gasteiger partial charge is 0.0907 e. The summed E-state index contributed by atoms with van der Waals surface area (Å²) in [7, 11) is 0. The summed E-state index contributed by atoms with van der Waals surface area (Å²) in [4.78, 5) is 4.88. The van der Waals surface area contributed by atoms with E-state index in [0.717, 1.165) is 13.2 Å². The minimum absolute atomic E-state index is 0.549. The van der Waals surface area contributed by atoms with Gasteiger partial charge in [-0.15, -0.1) is 0 Å². The van der Waals surface area contributed by atoms with Crippen LogP contribution in [0.2, 0.25) is 0 Å². The van der Waals surface area contributed by atoms with Crippen LogP contribution in [-0.4, -0.2) is 19.3 Å². The van der Waals surface area contributed by atoms with Gasteiger partial charge in [-0.1, -0.05) is 36.4 Å². The van der Waals surface area contributed by atoms with Crippen LogP contribution in [0.3, 0.4) is 0 Å². The normalized spacial score (nSPS) is 19.3. The summed E-state index contributed by atoms with van der Waals surface area (Å²) >= 11 is 0. The maximum Gasteiger partial charge on any atom is 0.0907 e. The van der Waals surface area contributed by atoms with E-state index < -0.39 is 0 Å². The first-order chi connectivity index (χ1) is 8.84. The Bertz CT molecular complexity index is 495. The van der Waals surface area contributed by atoms with Crippen LogP contribution in [0, 0.1) is 0 Å². The number of anilines is 2. The fraction of sp³-hybridized carbons (Fsp3) is 0.250. The highest BCUT2D eigenvalue weighted by atomic mass is 15.4. The molecule has 2 heteroatoms. The lowest BCUT2D eigenvalue weighted by Crippen LogP contribution is -2.28. The SMILES string of the molecule is C[C@H]1CN(c2ccccc2)CN1c1ccccc1. The van der Waals surface area contributed by atoms with Crippen LogP contribution in [-0.2, 0) is 0 Å². The number of para-hydroxylation sites is 2. The van der Waals surface area contributed by atoms with E-state index in [9.17, 15) is 0 Å². The first kappa shape index (κ1) is 11.1. The van der Waals surface area contributed by atoms with Crippen LogP contribution in [0.4, 0.5) is 11.4 Å². The fourth-order valence-corrected chi connectivity index (χ4v) is 2.58. The zero-order valence-electron chi connectivity index (χ0n) is 10.7. The molecule has 0 saturated carbocycles. The Morgan fingerprint density at radius 2 is 1.39 bits per heavy atom. The van der Waals surface area contributed by atoms with E-state index >= 15 is 0 Å². The van der Waals surface area contributed by atoms with E-state index in [0.29, 0.717) is 6.04 Å². The van der Waals surface area contributed by atoms with Crippen molar-refractivity contribution in [2.75, 3.05) is 23.0 Å². The second-order valence-corrected chi connectivity index (χ2v) is 4.85. The van der Waals surface area contributed by atoms with E-state index in [-0.39, 0.29) is 0 Å². The van der Waals surface area contributed by atoms with Gasteiger partial charge in [-0.05, 0) is 31.2 Å². The number of hydrogen-bond acceptors (Lipinski definition) is 2. The first-order valence-corrected chi connectivity index (χ1v) is 6.46. The number of nitrogens with zero attached hydrogens (tertiary/aromatic N) is 2. The van der Waals surface area contributed by atoms with Crippen molar-refractivity contribution in [2.45, 2.75) is 13.0 Å². The molecule has 18 heavy (non-hydrogen) atoms. The topological polar surface area (TPSA) is 6.48 Å². The van der Waals surface area contributed by atoms with Gasteiger partial charge in [-0.25, -0.2) is 0 Å². The van der Waals surface area contributed by atoms with Crippen molar-refractivity contribution in [3.8, 4) is 0 Å². The van der Waals surface area contributed by atoms with Gasteiger partial charge in [0.15, 0.2) is 0 Å². The van der Waals surface area contributed by atoms with Crippen molar-refractivity contribution in [3.63, 3.8) is 0 Å². The quantitative estimate of drug-likeness (QED) is 0.791. The molecule has 2 nitrogen and oxygen atoms in total. The Hall–Kier alpha value is -1.96. The van der Waals surface area contributed by atoms with Crippen LogP contribution >= 0.6 is 0 Å². The summed E-state index contributed by atoms with van der Waals surface area (Å²) < 4.78 is 0. The number of benzene rings is 2. The van der Waals surface area contributed by atoms with Crippen LogP contribution in [0.1, 0.15) is 6.92 Å². The molecule has 3 rings (SSSR count). The van der Waals surface area contributed by atoms with Crippen LogP contribution in [0.25, 0.3) is 0 Å². The van der Waals surface area contributed by atoms with Gasteiger partial charge < -0.3 is 9.80 Å². The first-order valence-electron chi connectivity index (χ1n) is 6.46. The van der Waals surface area contributed by atoms with Crippen molar-refractivity contribution in [1.29, 1.82) is 0 Å². The molecule has 1 fully saturated rings. The highest BCUT2D eigenvalue weighted by Crippen LogP contribution is 2.26. The lowest BCUT2D eigenvalue weighted by molar-refractivity contribution is 0.778. The summed E-state index contributed by atoms with van der Waals surface area (Å²) in [6.07, 6.45) is 0. The minimum Gasteiger partial charge on any atom is -0.352 e. The van der Waals surface area contributed by atoms with E-state index in [1.807, 2.05) is 0 Å². The van der Waals surface area contributed by atoms with E-state index in [2.05, 4.69) is 77.4 Å². The lowest BCUT2D eigenvalue weighted by Gasteiger charge is -2.23. The lowest BCUT2D eigenvalue weighted by atomic mass is 10.2. The molecule has 0 aliphatic carbocycles. The van der Waals surface area contributed by atoms with Crippen molar-refractivity contribution in [1.82, 2.24) is 0 Å². The maximum absolute atomic E-state index is 2.45. The summed E-state index contributed by atoms with van der Waals surface area (Å²) in [5.74, 6) is 0. The van der Waals surface area contributed by atoms with Crippen molar-refractivity contribution in [3.05, 3.63) is 60.7 Å². The third kappa shape index (κ3) is 2.06. The molecule has 92 valence electrons. The second-order valence-electron chi connectivity index (χ2n) is 4.85. The molecule has 0 radical (unpaired) electrons. The largest absolute Gasteiger partial charge is 0.352 e. The summed E-state index contributed by atoms with van der Waals surface area (Å²) in [6, 6.07) is 21.8. The Kier molecular flexibility index (Phi) is 2.93. The minimum atomic E-state index is 0.549. The van der Waals surface area contributed by atoms with Gasteiger partial charge in [0.05, 0.1) is 6.67 Å². The summed E-state index contributed by atoms with van der Waals surface area (Å²) in [5, 5.41) is 0. The molecule has 0 bridgehead atoms. The molecule has 0 unspecified atom stereocenters. The zero-order chi connectivity index (χ0) is 12.4. The summed E-state index contributed by atoms with van der Waals surface area (Å²) in [6.45, 7) is 4.34. The molecule has 2 aromatic carbocycles. The van der Waals surface area contributed by atoms with Crippen LogP contribution in [0.5, 0.6) is 0 Å². The fourth-order valence-electron chi connectivity index (χ4n) is 2.58. The van der Waals surface area contributed by atoms with Gasteiger partial charge in [0.2, 0.25) is 0 Å². The van der Waals surface area contributed by atoms with Crippen molar-refractivity contribution in [2.24, 2.45) is 0 Å². The predicted molar refractivity (Wildman–Crippen MR) is 77.0 cm³/mol. The third-order valence-corrected chi connectivity index (χ3v) is 3.55. The van der Waals surface area contributed by atoms with Crippen LogP contribution in [0.15, 0.2) is 60.7 Å². The van der Waals surface area contributed by atoms with Gasteiger partial charge in [-0.2, -0.15) is 0 Å². The third-order valence-electron chi connectivity index (χ3n) is 3.55. The molecule has 1 saturated heterocycles.